The molecule has 1 heterocycles. The zero-order valence-electron chi connectivity index (χ0n) is 25.6. The SMILES string of the molecule is C=C=C(C)CC1CCCC(=Cc2ccc(CCC(=C=C)CC3=CC=CC(=C)C(C4=CC=CC(=C)C(C)=C4)=C3)nc2)CC1. The number of allylic oxidation sites excluding steroid dienone is 17. The Morgan fingerprint density at radius 1 is 1.00 bits per heavy atom. The molecule has 1 fully saturated rings. The zero-order valence-corrected chi connectivity index (χ0v) is 25.6. The van der Waals surface area contributed by atoms with E-state index in [1.807, 2.05) is 6.20 Å². The van der Waals surface area contributed by atoms with Gasteiger partial charge in [-0.3, -0.25) is 4.98 Å². The van der Waals surface area contributed by atoms with E-state index in [4.69, 9.17) is 4.98 Å². The van der Waals surface area contributed by atoms with Gasteiger partial charge in [0.05, 0.1) is 0 Å². The van der Waals surface area contributed by atoms with Gasteiger partial charge in [0.1, 0.15) is 0 Å². The maximum absolute atomic E-state index is 4.80. The van der Waals surface area contributed by atoms with Crippen LogP contribution in [0.5, 0.6) is 0 Å². The molecule has 0 aromatic carbocycles. The molecule has 1 unspecified atom stereocenters. The van der Waals surface area contributed by atoms with Gasteiger partial charge in [0.15, 0.2) is 0 Å². The van der Waals surface area contributed by atoms with Gasteiger partial charge < -0.3 is 0 Å². The minimum atomic E-state index is 0.760. The molecule has 0 bridgehead atoms. The first-order valence-electron chi connectivity index (χ1n) is 15.3. The molecule has 1 saturated carbocycles. The number of aromatic nitrogens is 1. The summed E-state index contributed by atoms with van der Waals surface area (Å²) in [5.74, 6) is 0.760. The molecule has 0 amide bonds. The first-order chi connectivity index (χ1) is 20.3. The third kappa shape index (κ3) is 8.92. The highest BCUT2D eigenvalue weighted by Crippen LogP contribution is 2.32. The van der Waals surface area contributed by atoms with E-state index in [1.165, 1.54) is 60.0 Å². The van der Waals surface area contributed by atoms with Gasteiger partial charge in [-0.2, -0.15) is 0 Å². The molecule has 0 spiro atoms. The second kappa shape index (κ2) is 15.2. The Hall–Kier alpha value is -4.15. The van der Waals surface area contributed by atoms with Crippen molar-refractivity contribution >= 4 is 6.08 Å². The average Bonchev–Trinajstić information content (AvgIpc) is 3.39. The maximum Gasteiger partial charge on any atom is 0.0407 e. The van der Waals surface area contributed by atoms with E-state index < -0.39 is 0 Å². The standard InChI is InChI=1S/C41H45N/c1-7-30(3)24-35-14-11-15-36(19-18-35)27-38-21-23-40(42-29-38)22-20-34(8-2)26-37-16-9-13-32(5)41(28-37)39-17-10-12-31(4)33(6)25-39/h9-10,12-13,16-17,21,23,25,27-29,35H,1-2,4-5,11,14-15,18-20,22,24,26H2,3,6H3. The maximum atomic E-state index is 4.80. The number of aryl methyl sites for hydroxylation is 1. The summed E-state index contributed by atoms with van der Waals surface area (Å²) >= 11 is 0. The number of hydrogen-bond acceptors (Lipinski definition) is 1. The van der Waals surface area contributed by atoms with E-state index in [2.05, 4.69) is 118 Å². The molecule has 3 aliphatic rings. The third-order valence-corrected chi connectivity index (χ3v) is 8.50. The van der Waals surface area contributed by atoms with E-state index in [1.54, 1.807) is 5.57 Å². The van der Waals surface area contributed by atoms with Crippen LogP contribution >= 0.6 is 0 Å². The van der Waals surface area contributed by atoms with Gasteiger partial charge in [-0.05, 0) is 127 Å². The van der Waals surface area contributed by atoms with Crippen LogP contribution < -0.4 is 0 Å². The van der Waals surface area contributed by atoms with Crippen molar-refractivity contribution in [3.05, 3.63) is 166 Å². The first kappa shape index (κ1) is 30.8. The summed E-state index contributed by atoms with van der Waals surface area (Å²) < 4.78 is 0. The molecular formula is C41H45N. The van der Waals surface area contributed by atoms with Crippen LogP contribution in [0.15, 0.2) is 155 Å². The Morgan fingerprint density at radius 3 is 2.57 bits per heavy atom. The molecule has 4 rings (SSSR count). The van der Waals surface area contributed by atoms with Crippen molar-refractivity contribution in [1.29, 1.82) is 0 Å². The fourth-order valence-electron chi connectivity index (χ4n) is 5.82. The highest BCUT2D eigenvalue weighted by atomic mass is 14.7. The Balaban J connectivity index is 1.36. The van der Waals surface area contributed by atoms with Crippen molar-refractivity contribution < 1.29 is 0 Å². The minimum absolute atomic E-state index is 0.760. The second-order valence-electron chi connectivity index (χ2n) is 11.8. The molecule has 0 N–H and O–H groups in total. The van der Waals surface area contributed by atoms with Crippen LogP contribution in [0.1, 0.15) is 76.5 Å². The van der Waals surface area contributed by atoms with E-state index in [-0.39, 0.29) is 0 Å². The topological polar surface area (TPSA) is 12.9 Å². The van der Waals surface area contributed by atoms with E-state index >= 15 is 0 Å². The lowest BCUT2D eigenvalue weighted by Gasteiger charge is -2.12. The molecule has 1 aromatic rings. The lowest BCUT2D eigenvalue weighted by atomic mass is 9.93. The van der Waals surface area contributed by atoms with E-state index in [0.717, 1.165) is 59.6 Å². The lowest BCUT2D eigenvalue weighted by Crippen LogP contribution is -1.98. The summed E-state index contributed by atoms with van der Waals surface area (Å²) in [6.07, 6.45) is 31.3. The fraction of sp³-hybridized carbons (Fsp3) is 0.293. The van der Waals surface area contributed by atoms with Gasteiger partial charge in [0.25, 0.3) is 0 Å². The van der Waals surface area contributed by atoms with Gasteiger partial charge >= 0.3 is 0 Å². The monoisotopic (exact) mass is 551 g/mol. The predicted octanol–water partition coefficient (Wildman–Crippen LogP) is 11.2. The Labute approximate surface area is 254 Å². The number of pyridine rings is 1. The predicted molar refractivity (Wildman–Crippen MR) is 182 cm³/mol. The quantitative estimate of drug-likeness (QED) is 0.220. The highest BCUT2D eigenvalue weighted by molar-refractivity contribution is 5.63. The smallest absolute Gasteiger partial charge is 0.0407 e. The Kier molecular flexibility index (Phi) is 11.1. The Morgan fingerprint density at radius 2 is 1.81 bits per heavy atom. The molecule has 1 aromatic heterocycles. The van der Waals surface area contributed by atoms with Crippen molar-refractivity contribution in [2.45, 2.75) is 71.6 Å². The van der Waals surface area contributed by atoms with Crippen molar-refractivity contribution in [2.75, 3.05) is 0 Å². The molecule has 0 aliphatic heterocycles. The molecule has 42 heavy (non-hydrogen) atoms. The third-order valence-electron chi connectivity index (χ3n) is 8.50. The van der Waals surface area contributed by atoms with Crippen LogP contribution in [0.3, 0.4) is 0 Å². The number of nitrogens with zero attached hydrogens (tertiary/aromatic N) is 1. The summed E-state index contributed by atoms with van der Waals surface area (Å²) in [4.78, 5) is 4.80. The van der Waals surface area contributed by atoms with Gasteiger partial charge in [0.2, 0.25) is 0 Å². The van der Waals surface area contributed by atoms with Crippen LogP contribution in [0.4, 0.5) is 0 Å². The summed E-state index contributed by atoms with van der Waals surface area (Å²) in [5.41, 5.74) is 19.3. The summed E-state index contributed by atoms with van der Waals surface area (Å²) in [6, 6.07) is 4.40. The zero-order chi connectivity index (χ0) is 29.9. The molecule has 1 atom stereocenters. The van der Waals surface area contributed by atoms with Crippen LogP contribution in [-0.2, 0) is 6.42 Å². The molecule has 3 aliphatic carbocycles. The minimum Gasteiger partial charge on any atom is -0.261 e. The van der Waals surface area contributed by atoms with Crippen LogP contribution in [0.2, 0.25) is 0 Å². The molecule has 214 valence electrons. The highest BCUT2D eigenvalue weighted by Gasteiger charge is 2.15. The molecular weight excluding hydrogens is 506 g/mol. The average molecular weight is 552 g/mol. The number of rotatable bonds is 9. The van der Waals surface area contributed by atoms with E-state index in [9.17, 15) is 0 Å². The van der Waals surface area contributed by atoms with Gasteiger partial charge in [-0.25, -0.2) is 0 Å². The fourth-order valence-corrected chi connectivity index (χ4v) is 5.82. The lowest BCUT2D eigenvalue weighted by molar-refractivity contribution is 0.459. The van der Waals surface area contributed by atoms with Crippen LogP contribution in [0, 0.1) is 5.92 Å². The largest absolute Gasteiger partial charge is 0.261 e. The molecule has 0 saturated heterocycles. The number of hydrogen-bond donors (Lipinski definition) is 0. The summed E-state index contributed by atoms with van der Waals surface area (Å²) in [5, 5.41) is 0. The summed E-state index contributed by atoms with van der Waals surface area (Å²) in [6.45, 7) is 20.5. The molecule has 1 heteroatoms. The van der Waals surface area contributed by atoms with Crippen molar-refractivity contribution in [3.8, 4) is 0 Å². The van der Waals surface area contributed by atoms with Gasteiger partial charge in [-0.1, -0.05) is 92.6 Å². The Bertz CT molecular complexity index is 1520. The first-order valence-corrected chi connectivity index (χ1v) is 15.3. The van der Waals surface area contributed by atoms with E-state index in [0.29, 0.717) is 0 Å². The normalized spacial score (nSPS) is 19.9. The van der Waals surface area contributed by atoms with Crippen molar-refractivity contribution in [1.82, 2.24) is 4.98 Å². The van der Waals surface area contributed by atoms with Gasteiger partial charge in [-0.15, -0.1) is 11.5 Å². The van der Waals surface area contributed by atoms with Crippen LogP contribution in [-0.4, -0.2) is 4.98 Å². The van der Waals surface area contributed by atoms with Crippen molar-refractivity contribution in [2.24, 2.45) is 5.92 Å². The second-order valence-corrected chi connectivity index (χ2v) is 11.8. The van der Waals surface area contributed by atoms with Crippen LogP contribution in [0.25, 0.3) is 6.08 Å². The van der Waals surface area contributed by atoms with Gasteiger partial charge in [0, 0.05) is 18.3 Å². The summed E-state index contributed by atoms with van der Waals surface area (Å²) in [7, 11) is 0. The molecule has 1 nitrogen and oxygen atoms in total. The molecule has 0 radical (unpaired) electrons. The van der Waals surface area contributed by atoms with Crippen molar-refractivity contribution in [3.63, 3.8) is 0 Å².